The standard InChI is InChI=1S/C20H21N5O3S/c1-24-16-5-3-2-4-13(16)19(23-24)20(27)21-15-9-28-10-17(15)25-18(26)8-12-11-29-7-6-14(12)22-25/h2-5,8,15,17H,6-7,9-11H2,1H3,(H,21,27). The fourth-order valence-corrected chi connectivity index (χ4v) is 4.96. The molecule has 0 radical (unpaired) electrons. The van der Waals surface area contributed by atoms with Gasteiger partial charge in [0, 0.05) is 30.7 Å². The number of fused-ring (bicyclic) bond motifs is 2. The molecule has 1 amide bonds. The van der Waals surface area contributed by atoms with E-state index in [1.165, 1.54) is 4.68 Å². The van der Waals surface area contributed by atoms with Gasteiger partial charge in [0.1, 0.15) is 6.04 Å². The maximum atomic E-state index is 13.0. The molecule has 0 bridgehead atoms. The Balaban J connectivity index is 1.43. The fourth-order valence-electron chi connectivity index (χ4n) is 4.01. The molecule has 1 saturated heterocycles. The molecule has 150 valence electrons. The number of rotatable bonds is 3. The van der Waals surface area contributed by atoms with Gasteiger partial charge in [-0.2, -0.15) is 22.0 Å². The highest BCUT2D eigenvalue weighted by molar-refractivity contribution is 7.98. The lowest BCUT2D eigenvalue weighted by Crippen LogP contribution is -2.44. The van der Waals surface area contributed by atoms with Crippen LogP contribution in [0.15, 0.2) is 35.1 Å². The summed E-state index contributed by atoms with van der Waals surface area (Å²) in [5.74, 6) is 1.56. The molecule has 3 aromatic rings. The van der Waals surface area contributed by atoms with Gasteiger partial charge in [0.2, 0.25) is 0 Å². The number of carbonyl (C=O) groups excluding carboxylic acids is 1. The summed E-state index contributed by atoms with van der Waals surface area (Å²) in [5.41, 5.74) is 3.10. The molecule has 0 aliphatic carbocycles. The summed E-state index contributed by atoms with van der Waals surface area (Å²) in [6.45, 7) is 0.677. The summed E-state index contributed by atoms with van der Waals surface area (Å²) in [4.78, 5) is 25.6. The molecular weight excluding hydrogens is 390 g/mol. The monoisotopic (exact) mass is 411 g/mol. The highest BCUT2D eigenvalue weighted by Crippen LogP contribution is 2.24. The summed E-state index contributed by atoms with van der Waals surface area (Å²) in [7, 11) is 1.81. The highest BCUT2D eigenvalue weighted by Gasteiger charge is 2.34. The van der Waals surface area contributed by atoms with Crippen molar-refractivity contribution in [2.24, 2.45) is 7.05 Å². The summed E-state index contributed by atoms with van der Waals surface area (Å²) >= 11 is 1.82. The normalized spacial score (nSPS) is 21.3. The van der Waals surface area contributed by atoms with Crippen LogP contribution < -0.4 is 10.9 Å². The second kappa shape index (κ2) is 7.31. The minimum atomic E-state index is -0.343. The van der Waals surface area contributed by atoms with Crippen molar-refractivity contribution in [2.45, 2.75) is 24.3 Å². The molecule has 2 unspecified atom stereocenters. The van der Waals surface area contributed by atoms with Gasteiger partial charge in [-0.25, -0.2) is 4.68 Å². The second-order valence-electron chi connectivity index (χ2n) is 7.38. The van der Waals surface area contributed by atoms with E-state index in [-0.39, 0.29) is 23.6 Å². The Bertz CT molecular complexity index is 1150. The third-order valence-electron chi connectivity index (χ3n) is 5.52. The van der Waals surface area contributed by atoms with E-state index in [1.54, 1.807) is 10.7 Å². The van der Waals surface area contributed by atoms with Crippen molar-refractivity contribution < 1.29 is 9.53 Å². The number of para-hydroxylation sites is 1. The number of aryl methyl sites for hydroxylation is 2. The molecule has 2 atom stereocenters. The van der Waals surface area contributed by atoms with Gasteiger partial charge in [-0.1, -0.05) is 18.2 Å². The van der Waals surface area contributed by atoms with Gasteiger partial charge in [0.25, 0.3) is 11.5 Å². The Morgan fingerprint density at radius 2 is 2.14 bits per heavy atom. The molecule has 4 heterocycles. The largest absolute Gasteiger partial charge is 0.377 e. The molecule has 8 nitrogen and oxygen atoms in total. The van der Waals surface area contributed by atoms with Crippen molar-refractivity contribution in [2.75, 3.05) is 19.0 Å². The Labute approximate surface area is 171 Å². The van der Waals surface area contributed by atoms with Crippen LogP contribution in [0.3, 0.4) is 0 Å². The molecule has 0 saturated carbocycles. The van der Waals surface area contributed by atoms with E-state index in [1.807, 2.05) is 43.1 Å². The Morgan fingerprint density at radius 3 is 3.03 bits per heavy atom. The van der Waals surface area contributed by atoms with Gasteiger partial charge in [0.05, 0.1) is 30.5 Å². The molecule has 2 aliphatic heterocycles. The number of carbonyl (C=O) groups is 1. The van der Waals surface area contributed by atoms with E-state index in [4.69, 9.17) is 4.74 Å². The molecule has 1 N–H and O–H groups in total. The van der Waals surface area contributed by atoms with Gasteiger partial charge >= 0.3 is 0 Å². The fraction of sp³-hybridized carbons (Fsp3) is 0.400. The first-order chi connectivity index (χ1) is 14.1. The number of benzene rings is 1. The lowest BCUT2D eigenvalue weighted by atomic mass is 10.1. The number of hydrogen-bond acceptors (Lipinski definition) is 6. The predicted octanol–water partition coefficient (Wildman–Crippen LogP) is 1.29. The zero-order chi connectivity index (χ0) is 20.0. The first-order valence-corrected chi connectivity index (χ1v) is 10.8. The zero-order valence-electron chi connectivity index (χ0n) is 16.0. The van der Waals surface area contributed by atoms with Crippen molar-refractivity contribution in [3.63, 3.8) is 0 Å². The van der Waals surface area contributed by atoms with Crippen LogP contribution in [0.5, 0.6) is 0 Å². The van der Waals surface area contributed by atoms with E-state index in [0.717, 1.165) is 40.1 Å². The number of amides is 1. The molecule has 2 aliphatic rings. The maximum Gasteiger partial charge on any atom is 0.272 e. The van der Waals surface area contributed by atoms with Crippen LogP contribution in [-0.2, 0) is 24.0 Å². The SMILES string of the molecule is Cn1nc(C(=O)NC2COCC2n2nc3c(cc2=O)CSCC3)c2ccccc21. The Morgan fingerprint density at radius 1 is 1.28 bits per heavy atom. The number of aromatic nitrogens is 4. The van der Waals surface area contributed by atoms with Gasteiger partial charge in [0.15, 0.2) is 5.69 Å². The lowest BCUT2D eigenvalue weighted by molar-refractivity contribution is 0.0920. The number of hydrogen-bond donors (Lipinski definition) is 1. The van der Waals surface area contributed by atoms with Crippen molar-refractivity contribution in [1.82, 2.24) is 24.9 Å². The van der Waals surface area contributed by atoms with Crippen LogP contribution in [0.2, 0.25) is 0 Å². The number of ether oxygens (including phenoxy) is 1. The van der Waals surface area contributed by atoms with Crippen LogP contribution in [-0.4, -0.2) is 50.5 Å². The number of nitrogens with one attached hydrogen (secondary N) is 1. The summed E-state index contributed by atoms with van der Waals surface area (Å²) in [5, 5.41) is 12.8. The molecular formula is C20H21N5O3S. The van der Waals surface area contributed by atoms with Gasteiger partial charge in [-0.3, -0.25) is 14.3 Å². The Kier molecular flexibility index (Phi) is 4.63. The average Bonchev–Trinajstić information content (AvgIpc) is 3.32. The van der Waals surface area contributed by atoms with E-state index >= 15 is 0 Å². The van der Waals surface area contributed by atoms with Crippen LogP contribution in [0.4, 0.5) is 0 Å². The first kappa shape index (κ1) is 18.4. The predicted molar refractivity (Wildman–Crippen MR) is 110 cm³/mol. The van der Waals surface area contributed by atoms with Crippen molar-refractivity contribution in [3.05, 3.63) is 57.6 Å². The van der Waals surface area contributed by atoms with Crippen LogP contribution in [0.1, 0.15) is 27.8 Å². The average molecular weight is 411 g/mol. The third kappa shape index (κ3) is 3.24. The highest BCUT2D eigenvalue weighted by atomic mass is 32.2. The minimum Gasteiger partial charge on any atom is -0.377 e. The van der Waals surface area contributed by atoms with Gasteiger partial charge in [-0.05, 0) is 17.4 Å². The molecule has 1 aromatic carbocycles. The van der Waals surface area contributed by atoms with Crippen molar-refractivity contribution in [3.8, 4) is 0 Å². The molecule has 29 heavy (non-hydrogen) atoms. The van der Waals surface area contributed by atoms with Gasteiger partial charge in [-0.15, -0.1) is 0 Å². The third-order valence-corrected chi connectivity index (χ3v) is 6.53. The Hall–Kier alpha value is -2.65. The van der Waals surface area contributed by atoms with Crippen LogP contribution in [0, 0.1) is 0 Å². The molecule has 1 fully saturated rings. The van der Waals surface area contributed by atoms with Gasteiger partial charge < -0.3 is 10.1 Å². The smallest absolute Gasteiger partial charge is 0.272 e. The molecule has 9 heteroatoms. The van der Waals surface area contributed by atoms with Crippen molar-refractivity contribution in [1.29, 1.82) is 0 Å². The maximum absolute atomic E-state index is 13.0. The van der Waals surface area contributed by atoms with E-state index in [2.05, 4.69) is 15.5 Å². The number of thioether (sulfide) groups is 1. The van der Waals surface area contributed by atoms with E-state index in [9.17, 15) is 9.59 Å². The summed E-state index contributed by atoms with van der Waals surface area (Å²) < 4.78 is 8.79. The van der Waals surface area contributed by atoms with E-state index in [0.29, 0.717) is 18.9 Å². The van der Waals surface area contributed by atoms with E-state index < -0.39 is 0 Å². The summed E-state index contributed by atoms with van der Waals surface area (Å²) in [6, 6.07) is 8.61. The quantitative estimate of drug-likeness (QED) is 0.698. The molecule has 0 spiro atoms. The lowest BCUT2D eigenvalue weighted by Gasteiger charge is -2.22. The minimum absolute atomic E-state index is 0.149. The van der Waals surface area contributed by atoms with Crippen LogP contribution >= 0.6 is 11.8 Å². The first-order valence-electron chi connectivity index (χ1n) is 9.61. The topological polar surface area (TPSA) is 91.0 Å². The summed E-state index contributed by atoms with van der Waals surface area (Å²) in [6.07, 6.45) is 0.852. The van der Waals surface area contributed by atoms with Crippen molar-refractivity contribution >= 4 is 28.6 Å². The van der Waals surface area contributed by atoms with Crippen LogP contribution in [0.25, 0.3) is 10.9 Å². The second-order valence-corrected chi connectivity index (χ2v) is 8.48. The zero-order valence-corrected chi connectivity index (χ0v) is 16.8. The molecule has 5 rings (SSSR count). The number of nitrogens with zero attached hydrogens (tertiary/aromatic N) is 4. The molecule has 2 aromatic heterocycles.